The van der Waals surface area contributed by atoms with Gasteiger partial charge in [-0.25, -0.2) is 0 Å². The lowest BCUT2D eigenvalue weighted by Crippen LogP contribution is -2.12. The number of nitrogens with zero attached hydrogens (tertiary/aromatic N) is 1. The summed E-state index contributed by atoms with van der Waals surface area (Å²) >= 11 is 0. The molecule has 1 aromatic carbocycles. The molecule has 1 aromatic heterocycles. The van der Waals surface area contributed by atoms with Crippen molar-refractivity contribution in [2.75, 3.05) is 5.32 Å². The summed E-state index contributed by atoms with van der Waals surface area (Å²) in [5.74, 6) is -0.373. The van der Waals surface area contributed by atoms with Crippen LogP contribution in [0.5, 0.6) is 5.75 Å². The van der Waals surface area contributed by atoms with Crippen molar-refractivity contribution in [3.8, 4) is 5.75 Å². The van der Waals surface area contributed by atoms with Gasteiger partial charge in [-0.15, -0.1) is 0 Å². The number of pyridine rings is 1. The van der Waals surface area contributed by atoms with Gasteiger partial charge in [-0.2, -0.15) is 0 Å². The first-order chi connectivity index (χ1) is 8.56. The monoisotopic (exact) mass is 242 g/mol. The van der Waals surface area contributed by atoms with Crippen molar-refractivity contribution in [3.63, 3.8) is 0 Å². The molecular formula is C14H14N2O2. The maximum Gasteiger partial charge on any atom is 0.259 e. The van der Waals surface area contributed by atoms with E-state index in [-0.39, 0.29) is 17.2 Å². The minimum atomic E-state index is -0.344. The van der Waals surface area contributed by atoms with Crippen LogP contribution in [0, 0.1) is 13.8 Å². The molecular weight excluding hydrogens is 228 g/mol. The number of aromatic nitrogens is 1. The van der Waals surface area contributed by atoms with Gasteiger partial charge in [0, 0.05) is 6.20 Å². The summed E-state index contributed by atoms with van der Waals surface area (Å²) in [6, 6.07) is 6.73. The molecule has 0 aliphatic carbocycles. The zero-order chi connectivity index (χ0) is 13.1. The van der Waals surface area contributed by atoms with Gasteiger partial charge in [-0.3, -0.25) is 9.78 Å². The number of anilines is 1. The van der Waals surface area contributed by atoms with E-state index in [0.717, 1.165) is 11.1 Å². The van der Waals surface area contributed by atoms with Crippen molar-refractivity contribution < 1.29 is 9.90 Å². The van der Waals surface area contributed by atoms with Gasteiger partial charge in [0.2, 0.25) is 0 Å². The Kier molecular flexibility index (Phi) is 3.28. The number of hydrogen-bond acceptors (Lipinski definition) is 3. The molecule has 92 valence electrons. The van der Waals surface area contributed by atoms with E-state index in [4.69, 9.17) is 0 Å². The summed E-state index contributed by atoms with van der Waals surface area (Å²) in [7, 11) is 0. The third-order valence-electron chi connectivity index (χ3n) is 2.53. The Labute approximate surface area is 105 Å². The second-order valence-electron chi connectivity index (χ2n) is 4.23. The zero-order valence-corrected chi connectivity index (χ0v) is 10.3. The number of carbonyl (C=O) groups excluding carboxylic acids is 1. The number of nitrogens with one attached hydrogen (secondary N) is 1. The van der Waals surface area contributed by atoms with Crippen molar-refractivity contribution in [1.82, 2.24) is 4.98 Å². The first kappa shape index (κ1) is 12.1. The average Bonchev–Trinajstić information content (AvgIpc) is 2.32. The first-order valence-electron chi connectivity index (χ1n) is 5.59. The van der Waals surface area contributed by atoms with Gasteiger partial charge in [0.1, 0.15) is 5.75 Å². The number of rotatable bonds is 2. The molecule has 0 radical (unpaired) electrons. The second kappa shape index (κ2) is 4.87. The van der Waals surface area contributed by atoms with Crippen LogP contribution in [0.2, 0.25) is 0 Å². The lowest BCUT2D eigenvalue weighted by molar-refractivity contribution is 0.102. The van der Waals surface area contributed by atoms with Crippen LogP contribution >= 0.6 is 0 Å². The van der Waals surface area contributed by atoms with Crippen LogP contribution in [0.3, 0.4) is 0 Å². The van der Waals surface area contributed by atoms with Gasteiger partial charge < -0.3 is 10.4 Å². The molecule has 0 spiro atoms. The maximum atomic E-state index is 12.0. The second-order valence-corrected chi connectivity index (χ2v) is 4.23. The number of phenolic OH excluding ortho intramolecular Hbond substituents is 1. The molecule has 18 heavy (non-hydrogen) atoms. The predicted octanol–water partition coefficient (Wildman–Crippen LogP) is 2.66. The smallest absolute Gasteiger partial charge is 0.259 e. The van der Waals surface area contributed by atoms with Gasteiger partial charge in [0.25, 0.3) is 5.91 Å². The van der Waals surface area contributed by atoms with Crippen molar-refractivity contribution in [1.29, 1.82) is 0 Å². The number of hydrogen-bond donors (Lipinski definition) is 2. The Bertz CT molecular complexity index is 594. The number of phenols is 1. The molecule has 0 saturated carbocycles. The maximum absolute atomic E-state index is 12.0. The Morgan fingerprint density at radius 2 is 1.94 bits per heavy atom. The summed E-state index contributed by atoms with van der Waals surface area (Å²) in [5, 5.41) is 12.4. The quantitative estimate of drug-likeness (QED) is 0.851. The highest BCUT2D eigenvalue weighted by atomic mass is 16.3. The largest absolute Gasteiger partial charge is 0.507 e. The van der Waals surface area contributed by atoms with Crippen LogP contribution in [0.4, 0.5) is 5.69 Å². The Morgan fingerprint density at radius 3 is 2.67 bits per heavy atom. The SMILES string of the molecule is Cc1cncc(NC(=O)c2cc(C)ccc2O)c1. The fourth-order valence-corrected chi connectivity index (χ4v) is 1.65. The van der Waals surface area contributed by atoms with E-state index >= 15 is 0 Å². The molecule has 1 heterocycles. The van der Waals surface area contributed by atoms with Crippen LogP contribution in [-0.2, 0) is 0 Å². The van der Waals surface area contributed by atoms with Crippen molar-refractivity contribution in [2.24, 2.45) is 0 Å². The minimum Gasteiger partial charge on any atom is -0.507 e. The van der Waals surface area contributed by atoms with E-state index in [9.17, 15) is 9.90 Å². The molecule has 4 nitrogen and oxygen atoms in total. The van der Waals surface area contributed by atoms with Crippen molar-refractivity contribution >= 4 is 11.6 Å². The van der Waals surface area contributed by atoms with E-state index < -0.39 is 0 Å². The van der Waals surface area contributed by atoms with E-state index in [0.29, 0.717) is 5.69 Å². The summed E-state index contributed by atoms with van der Waals surface area (Å²) in [5.41, 5.74) is 2.75. The number of aryl methyl sites for hydroxylation is 2. The highest BCUT2D eigenvalue weighted by Gasteiger charge is 2.11. The molecule has 0 atom stereocenters. The minimum absolute atomic E-state index is 0.0290. The topological polar surface area (TPSA) is 62.2 Å². The van der Waals surface area contributed by atoms with Crippen molar-refractivity contribution in [2.45, 2.75) is 13.8 Å². The van der Waals surface area contributed by atoms with Crippen LogP contribution < -0.4 is 5.32 Å². The highest BCUT2D eigenvalue weighted by molar-refractivity contribution is 6.06. The van der Waals surface area contributed by atoms with Gasteiger partial charge in [-0.05, 0) is 37.6 Å². The van der Waals surface area contributed by atoms with E-state index in [1.807, 2.05) is 19.9 Å². The van der Waals surface area contributed by atoms with Crippen LogP contribution in [0.25, 0.3) is 0 Å². The third-order valence-corrected chi connectivity index (χ3v) is 2.53. The highest BCUT2D eigenvalue weighted by Crippen LogP contribution is 2.19. The molecule has 0 aliphatic rings. The van der Waals surface area contributed by atoms with E-state index in [2.05, 4.69) is 10.3 Å². The number of carbonyl (C=O) groups is 1. The standard InChI is InChI=1S/C14H14N2O2/c1-9-3-4-13(17)12(6-9)14(18)16-11-5-10(2)7-15-8-11/h3-8,17H,1-2H3,(H,16,18). The number of benzene rings is 1. The Morgan fingerprint density at radius 1 is 1.17 bits per heavy atom. The molecule has 4 heteroatoms. The lowest BCUT2D eigenvalue weighted by atomic mass is 10.1. The van der Waals surface area contributed by atoms with Gasteiger partial charge >= 0.3 is 0 Å². The molecule has 2 aromatic rings. The molecule has 0 bridgehead atoms. The van der Waals surface area contributed by atoms with Gasteiger partial charge in [0.15, 0.2) is 0 Å². The first-order valence-corrected chi connectivity index (χ1v) is 5.59. The van der Waals surface area contributed by atoms with Gasteiger partial charge in [-0.1, -0.05) is 11.6 Å². The fraction of sp³-hybridized carbons (Fsp3) is 0.143. The average molecular weight is 242 g/mol. The predicted molar refractivity (Wildman–Crippen MR) is 69.8 cm³/mol. The summed E-state index contributed by atoms with van der Waals surface area (Å²) in [6.07, 6.45) is 3.28. The normalized spacial score (nSPS) is 10.1. The van der Waals surface area contributed by atoms with E-state index in [1.165, 1.54) is 6.07 Å². The summed E-state index contributed by atoms with van der Waals surface area (Å²) in [4.78, 5) is 16.0. The molecule has 0 aliphatic heterocycles. The number of aromatic hydroxyl groups is 1. The van der Waals surface area contributed by atoms with Crippen LogP contribution in [0.1, 0.15) is 21.5 Å². The number of amides is 1. The summed E-state index contributed by atoms with van der Waals surface area (Å²) < 4.78 is 0. The van der Waals surface area contributed by atoms with Gasteiger partial charge in [0.05, 0.1) is 17.4 Å². The molecule has 0 unspecified atom stereocenters. The van der Waals surface area contributed by atoms with Crippen LogP contribution in [-0.4, -0.2) is 16.0 Å². The summed E-state index contributed by atoms with van der Waals surface area (Å²) in [6.45, 7) is 3.76. The molecule has 0 saturated heterocycles. The Hall–Kier alpha value is -2.36. The van der Waals surface area contributed by atoms with Crippen molar-refractivity contribution in [3.05, 3.63) is 53.3 Å². The Balaban J connectivity index is 2.24. The fourth-order valence-electron chi connectivity index (χ4n) is 1.65. The molecule has 1 amide bonds. The third kappa shape index (κ3) is 2.66. The van der Waals surface area contributed by atoms with E-state index in [1.54, 1.807) is 24.5 Å². The molecule has 2 rings (SSSR count). The molecule has 0 fully saturated rings. The molecule has 2 N–H and O–H groups in total. The zero-order valence-electron chi connectivity index (χ0n) is 10.3. The lowest BCUT2D eigenvalue weighted by Gasteiger charge is -2.07. The van der Waals surface area contributed by atoms with Crippen LogP contribution in [0.15, 0.2) is 36.7 Å².